The number of imide groups is 1. The molecule has 2 aromatic rings. The van der Waals surface area contributed by atoms with E-state index in [1.807, 2.05) is 37.3 Å². The Morgan fingerprint density at radius 3 is 2.05 bits per heavy atom. The van der Waals surface area contributed by atoms with E-state index in [1.54, 1.807) is 29.2 Å². The van der Waals surface area contributed by atoms with Crippen LogP contribution >= 0.6 is 0 Å². The zero-order chi connectivity index (χ0) is 26.6. The van der Waals surface area contributed by atoms with Crippen molar-refractivity contribution in [2.45, 2.75) is 70.9 Å². The van der Waals surface area contributed by atoms with E-state index in [-0.39, 0.29) is 36.1 Å². The molecule has 7 rings (SSSR count). The van der Waals surface area contributed by atoms with Gasteiger partial charge in [0.05, 0.1) is 23.6 Å². The van der Waals surface area contributed by atoms with Crippen LogP contribution in [0, 0.1) is 23.2 Å². The van der Waals surface area contributed by atoms with Gasteiger partial charge in [-0.25, -0.2) is 4.90 Å². The molecule has 2 unspecified atom stereocenters. The minimum absolute atomic E-state index is 0.0262. The molecule has 4 saturated carbocycles. The van der Waals surface area contributed by atoms with Gasteiger partial charge < -0.3 is 10.2 Å². The summed E-state index contributed by atoms with van der Waals surface area (Å²) in [6.45, 7) is 3.41. The number of carbonyl (C=O) groups is 4. The summed E-state index contributed by atoms with van der Waals surface area (Å²) in [6.07, 6.45) is 6.36. The maximum atomic E-state index is 14.6. The lowest BCUT2D eigenvalue weighted by molar-refractivity contribution is -0.164. The summed E-state index contributed by atoms with van der Waals surface area (Å²) in [7, 11) is 0. The Bertz CT molecular complexity index is 1240. The van der Waals surface area contributed by atoms with Gasteiger partial charge in [-0.05, 0) is 93.0 Å². The van der Waals surface area contributed by atoms with E-state index in [2.05, 4.69) is 5.32 Å². The predicted molar refractivity (Wildman–Crippen MR) is 144 cm³/mol. The minimum Gasteiger partial charge on any atom is -0.326 e. The van der Waals surface area contributed by atoms with Crippen molar-refractivity contribution in [3.63, 3.8) is 0 Å². The van der Waals surface area contributed by atoms with Crippen LogP contribution in [-0.2, 0) is 19.2 Å². The fraction of sp³-hybridized carbons (Fsp3) is 0.484. The van der Waals surface area contributed by atoms with Crippen molar-refractivity contribution >= 4 is 35.0 Å². The molecule has 0 spiro atoms. The van der Waals surface area contributed by atoms with Gasteiger partial charge in [-0.3, -0.25) is 19.2 Å². The van der Waals surface area contributed by atoms with Crippen LogP contribution in [0.4, 0.5) is 11.4 Å². The van der Waals surface area contributed by atoms with Crippen LogP contribution in [0.5, 0.6) is 0 Å². The van der Waals surface area contributed by atoms with Crippen LogP contribution < -0.4 is 10.2 Å². The molecule has 198 valence electrons. The minimum atomic E-state index is -0.840. The summed E-state index contributed by atoms with van der Waals surface area (Å²) in [5.74, 6) is 0.983. The second-order valence-electron chi connectivity index (χ2n) is 12.0. The molecule has 2 atom stereocenters. The third-order valence-electron chi connectivity index (χ3n) is 9.33. The van der Waals surface area contributed by atoms with Crippen LogP contribution in [0.2, 0.25) is 0 Å². The second kappa shape index (κ2) is 9.37. The molecule has 2 aromatic carbocycles. The molecule has 7 heteroatoms. The Morgan fingerprint density at radius 1 is 0.921 bits per heavy atom. The first-order chi connectivity index (χ1) is 18.2. The Kier molecular flexibility index (Phi) is 6.12. The molecule has 4 bridgehead atoms. The quantitative estimate of drug-likeness (QED) is 0.546. The molecule has 4 aliphatic carbocycles. The molecule has 5 fully saturated rings. The van der Waals surface area contributed by atoms with E-state index in [0.29, 0.717) is 29.1 Å². The average molecular weight is 514 g/mol. The van der Waals surface area contributed by atoms with Crippen molar-refractivity contribution < 1.29 is 19.2 Å². The second-order valence-corrected chi connectivity index (χ2v) is 12.0. The van der Waals surface area contributed by atoms with Gasteiger partial charge in [-0.1, -0.05) is 30.3 Å². The molecule has 7 nitrogen and oxygen atoms in total. The van der Waals surface area contributed by atoms with Gasteiger partial charge in [-0.15, -0.1) is 0 Å². The van der Waals surface area contributed by atoms with Crippen molar-refractivity contribution in [1.82, 2.24) is 4.90 Å². The highest BCUT2D eigenvalue weighted by atomic mass is 16.2. The van der Waals surface area contributed by atoms with E-state index in [4.69, 9.17) is 0 Å². The number of hydrogen-bond acceptors (Lipinski definition) is 4. The monoisotopic (exact) mass is 513 g/mol. The third kappa shape index (κ3) is 4.22. The molecule has 0 radical (unpaired) electrons. The molecule has 1 saturated heterocycles. The Hall–Kier alpha value is -3.48. The van der Waals surface area contributed by atoms with Gasteiger partial charge in [0.2, 0.25) is 17.7 Å². The predicted octanol–water partition coefficient (Wildman–Crippen LogP) is 5.08. The highest BCUT2D eigenvalue weighted by Gasteiger charge is 2.58. The summed E-state index contributed by atoms with van der Waals surface area (Å²) in [5, 5.41) is 2.70. The average Bonchev–Trinajstić information content (AvgIpc) is 3.17. The maximum absolute atomic E-state index is 14.6. The van der Waals surface area contributed by atoms with Crippen molar-refractivity contribution in [2.75, 3.05) is 10.2 Å². The molecule has 4 amide bonds. The largest absolute Gasteiger partial charge is 0.326 e. The highest BCUT2D eigenvalue weighted by Crippen LogP contribution is 2.61. The number of carbonyl (C=O) groups excluding carboxylic acids is 4. The van der Waals surface area contributed by atoms with E-state index < -0.39 is 11.5 Å². The molecular formula is C31H35N3O4. The molecule has 1 aliphatic heterocycles. The van der Waals surface area contributed by atoms with Crippen LogP contribution in [0.15, 0.2) is 54.6 Å². The lowest BCUT2D eigenvalue weighted by Gasteiger charge is -2.57. The Labute approximate surface area is 223 Å². The Morgan fingerprint density at radius 2 is 1.50 bits per heavy atom. The number of anilines is 2. The van der Waals surface area contributed by atoms with Gasteiger partial charge in [0.1, 0.15) is 6.04 Å². The number of amides is 4. The topological polar surface area (TPSA) is 86.8 Å². The normalized spacial score (nSPS) is 30.4. The first-order valence-electron chi connectivity index (χ1n) is 13.9. The van der Waals surface area contributed by atoms with E-state index >= 15 is 0 Å². The zero-order valence-corrected chi connectivity index (χ0v) is 22.1. The summed E-state index contributed by atoms with van der Waals surface area (Å²) in [4.78, 5) is 56.2. The summed E-state index contributed by atoms with van der Waals surface area (Å²) in [6, 6.07) is 15.3. The maximum Gasteiger partial charge on any atom is 0.257 e. The van der Waals surface area contributed by atoms with Crippen LogP contribution in [0.1, 0.15) is 70.4 Å². The van der Waals surface area contributed by atoms with Crippen LogP contribution in [0.25, 0.3) is 0 Å². The molecule has 0 aromatic heterocycles. The summed E-state index contributed by atoms with van der Waals surface area (Å²) < 4.78 is 0. The van der Waals surface area contributed by atoms with E-state index in [9.17, 15) is 19.2 Å². The lowest BCUT2D eigenvalue weighted by Crippen LogP contribution is -2.58. The third-order valence-corrected chi connectivity index (χ3v) is 9.33. The highest BCUT2D eigenvalue weighted by molar-refractivity contribution is 6.23. The van der Waals surface area contributed by atoms with Crippen LogP contribution in [-0.4, -0.2) is 34.6 Å². The van der Waals surface area contributed by atoms with Crippen LogP contribution in [0.3, 0.4) is 0 Å². The molecule has 38 heavy (non-hydrogen) atoms. The zero-order valence-electron chi connectivity index (χ0n) is 22.1. The van der Waals surface area contributed by atoms with E-state index in [0.717, 1.165) is 24.8 Å². The molecule has 1 N–H and O–H groups in total. The Balaban J connectivity index is 1.33. The van der Waals surface area contributed by atoms with Gasteiger partial charge in [0.25, 0.3) is 5.91 Å². The summed E-state index contributed by atoms with van der Waals surface area (Å²) >= 11 is 0. The molecular weight excluding hydrogens is 478 g/mol. The van der Waals surface area contributed by atoms with Crippen molar-refractivity contribution in [2.24, 2.45) is 23.2 Å². The first kappa shape index (κ1) is 24.8. The van der Waals surface area contributed by atoms with Gasteiger partial charge >= 0.3 is 0 Å². The van der Waals surface area contributed by atoms with Crippen molar-refractivity contribution in [1.29, 1.82) is 0 Å². The summed E-state index contributed by atoms with van der Waals surface area (Å²) in [5.41, 5.74) is 1.58. The van der Waals surface area contributed by atoms with Crippen molar-refractivity contribution in [3.8, 4) is 0 Å². The van der Waals surface area contributed by atoms with Gasteiger partial charge in [0, 0.05) is 12.6 Å². The first-order valence-corrected chi connectivity index (χ1v) is 13.9. The van der Waals surface area contributed by atoms with Gasteiger partial charge in [0.15, 0.2) is 0 Å². The number of nitrogens with one attached hydrogen (secondary N) is 1. The number of hydrogen-bond donors (Lipinski definition) is 1. The number of benzene rings is 2. The molecule has 1 heterocycles. The lowest BCUT2D eigenvalue weighted by atomic mass is 9.49. The fourth-order valence-corrected chi connectivity index (χ4v) is 8.13. The van der Waals surface area contributed by atoms with Crippen molar-refractivity contribution in [3.05, 3.63) is 60.2 Å². The molecule has 5 aliphatic rings. The fourth-order valence-electron chi connectivity index (χ4n) is 8.13. The van der Waals surface area contributed by atoms with E-state index in [1.165, 1.54) is 31.1 Å². The smallest absolute Gasteiger partial charge is 0.257 e. The number of nitrogens with zero attached hydrogens (tertiary/aromatic N) is 2. The van der Waals surface area contributed by atoms with Gasteiger partial charge in [-0.2, -0.15) is 0 Å². The standard InChI is InChI=1S/C31H35N3O4/c1-19(24-6-4-3-5-7-24)33(30(38)31-16-21-12-22(17-31)14-23(13-21)18-31)27-15-28(36)34(29(27)37)26-10-8-25(9-11-26)32-20(2)35/h3-11,19,21-23,27H,12-18H2,1-2H3,(H,32,35). The SMILES string of the molecule is CC(=O)Nc1ccc(N2C(=O)CC(N(C(=O)C34CC5CC(CC(C5)C3)C4)C(C)c3ccccc3)C2=O)cc1. The number of rotatable bonds is 6.